The highest BCUT2D eigenvalue weighted by Crippen LogP contribution is 2.32. The molecule has 0 fully saturated rings. The van der Waals surface area contributed by atoms with Crippen molar-refractivity contribution in [2.45, 2.75) is 39.3 Å². The predicted molar refractivity (Wildman–Crippen MR) is 78.9 cm³/mol. The van der Waals surface area contributed by atoms with Crippen LogP contribution in [-0.4, -0.2) is 18.1 Å². The summed E-state index contributed by atoms with van der Waals surface area (Å²) < 4.78 is 5.51. The molecule has 2 atom stereocenters. The molecule has 3 N–H and O–H groups in total. The van der Waals surface area contributed by atoms with Gasteiger partial charge in [0.25, 0.3) is 5.91 Å². The maximum absolute atomic E-state index is 11.8. The van der Waals surface area contributed by atoms with Crippen LogP contribution in [0.3, 0.4) is 0 Å². The Morgan fingerprint density at radius 3 is 2.53 bits per heavy atom. The van der Waals surface area contributed by atoms with Gasteiger partial charge in [-0.2, -0.15) is 0 Å². The molecule has 0 saturated heterocycles. The number of hydrogen-bond donors (Lipinski definition) is 2. The molecule has 0 bridgehead atoms. The van der Waals surface area contributed by atoms with E-state index < -0.39 is 6.10 Å². The Morgan fingerprint density at radius 1 is 1.37 bits per heavy atom. The molecular weight excluding hydrogens is 287 g/mol. The molecule has 0 aliphatic heterocycles. The molecule has 0 aliphatic rings. The van der Waals surface area contributed by atoms with Crippen LogP contribution in [0, 0.1) is 0 Å². The average Bonchev–Trinajstić information content (AvgIpc) is 2.35. The first-order chi connectivity index (χ1) is 8.85. The number of nitrogen functional groups attached to an aromatic ring is 1. The van der Waals surface area contributed by atoms with E-state index in [4.69, 9.17) is 33.7 Å². The van der Waals surface area contributed by atoms with E-state index in [1.807, 2.05) is 13.8 Å². The summed E-state index contributed by atoms with van der Waals surface area (Å²) in [5, 5.41) is 3.52. The van der Waals surface area contributed by atoms with Gasteiger partial charge in [-0.1, -0.05) is 30.1 Å². The standard InChI is InChI=1S/C13H18Cl2N2O2/c1-4-7(2)17-13(18)8(3)19-12-6-10(15)9(14)5-11(12)16/h5-8H,4,16H2,1-3H3,(H,17,18). The molecule has 0 spiro atoms. The quantitative estimate of drug-likeness (QED) is 0.821. The monoisotopic (exact) mass is 304 g/mol. The molecule has 4 nitrogen and oxygen atoms in total. The number of nitrogens with one attached hydrogen (secondary N) is 1. The third-order valence-electron chi connectivity index (χ3n) is 2.73. The third kappa shape index (κ3) is 4.48. The van der Waals surface area contributed by atoms with Gasteiger partial charge in [-0.15, -0.1) is 0 Å². The zero-order valence-electron chi connectivity index (χ0n) is 11.2. The smallest absolute Gasteiger partial charge is 0.260 e. The Hall–Kier alpha value is -1.13. The van der Waals surface area contributed by atoms with E-state index in [0.29, 0.717) is 21.5 Å². The number of nitrogens with two attached hydrogens (primary N) is 1. The maximum atomic E-state index is 11.8. The van der Waals surface area contributed by atoms with Crippen LogP contribution < -0.4 is 15.8 Å². The van der Waals surface area contributed by atoms with Crippen LogP contribution in [0.1, 0.15) is 27.2 Å². The number of carbonyl (C=O) groups excluding carboxylic acids is 1. The molecule has 1 amide bonds. The summed E-state index contributed by atoms with van der Waals surface area (Å²) in [6.45, 7) is 5.57. The minimum Gasteiger partial charge on any atom is -0.479 e. The lowest BCUT2D eigenvalue weighted by Crippen LogP contribution is -2.41. The molecule has 6 heteroatoms. The van der Waals surface area contributed by atoms with E-state index in [-0.39, 0.29) is 11.9 Å². The molecule has 0 saturated carbocycles. The number of amides is 1. The van der Waals surface area contributed by atoms with Crippen molar-refractivity contribution < 1.29 is 9.53 Å². The lowest BCUT2D eigenvalue weighted by atomic mass is 10.2. The number of anilines is 1. The second kappa shape index (κ2) is 6.87. The first kappa shape index (κ1) is 15.9. The van der Waals surface area contributed by atoms with Gasteiger partial charge in [0.05, 0.1) is 15.7 Å². The summed E-state index contributed by atoms with van der Waals surface area (Å²) in [4.78, 5) is 11.8. The number of benzene rings is 1. The molecular formula is C13H18Cl2N2O2. The van der Waals surface area contributed by atoms with Crippen LogP contribution in [0.15, 0.2) is 12.1 Å². The van der Waals surface area contributed by atoms with Crippen molar-refractivity contribution in [1.82, 2.24) is 5.32 Å². The van der Waals surface area contributed by atoms with Crippen molar-refractivity contribution in [1.29, 1.82) is 0 Å². The SMILES string of the molecule is CCC(C)NC(=O)C(C)Oc1cc(Cl)c(Cl)cc1N. The molecule has 0 aromatic heterocycles. The lowest BCUT2D eigenvalue weighted by molar-refractivity contribution is -0.127. The summed E-state index contributed by atoms with van der Waals surface area (Å²) in [6.07, 6.45) is 0.196. The largest absolute Gasteiger partial charge is 0.479 e. The van der Waals surface area contributed by atoms with Crippen molar-refractivity contribution in [2.75, 3.05) is 5.73 Å². The second-order valence-electron chi connectivity index (χ2n) is 4.38. The van der Waals surface area contributed by atoms with Crippen molar-refractivity contribution in [2.24, 2.45) is 0 Å². The Kier molecular flexibility index (Phi) is 5.76. The Balaban J connectivity index is 2.74. The van der Waals surface area contributed by atoms with E-state index in [9.17, 15) is 4.79 Å². The minimum atomic E-state index is -0.659. The number of carbonyl (C=O) groups is 1. The van der Waals surface area contributed by atoms with Crippen LogP contribution in [0.4, 0.5) is 5.69 Å². The zero-order valence-corrected chi connectivity index (χ0v) is 12.7. The second-order valence-corrected chi connectivity index (χ2v) is 5.20. The lowest BCUT2D eigenvalue weighted by Gasteiger charge is -2.19. The molecule has 0 aliphatic carbocycles. The van der Waals surface area contributed by atoms with Gasteiger partial charge < -0.3 is 15.8 Å². The summed E-state index contributed by atoms with van der Waals surface area (Å²) in [5.74, 6) is 0.154. The van der Waals surface area contributed by atoms with Crippen molar-refractivity contribution >= 4 is 34.8 Å². The van der Waals surface area contributed by atoms with E-state index in [0.717, 1.165) is 6.42 Å². The van der Waals surface area contributed by atoms with Gasteiger partial charge in [0.1, 0.15) is 5.75 Å². The van der Waals surface area contributed by atoms with Crippen molar-refractivity contribution in [3.63, 3.8) is 0 Å². The Morgan fingerprint density at radius 2 is 1.95 bits per heavy atom. The summed E-state index contributed by atoms with van der Waals surface area (Å²) in [7, 11) is 0. The normalized spacial score (nSPS) is 13.7. The molecule has 1 aromatic rings. The van der Waals surface area contributed by atoms with Gasteiger partial charge in [0.15, 0.2) is 6.10 Å². The molecule has 19 heavy (non-hydrogen) atoms. The first-order valence-corrected chi connectivity index (χ1v) is 6.82. The molecule has 0 radical (unpaired) electrons. The summed E-state index contributed by atoms with van der Waals surface area (Å²) >= 11 is 11.7. The highest BCUT2D eigenvalue weighted by atomic mass is 35.5. The predicted octanol–water partition coefficient (Wildman–Crippen LogP) is 3.26. The summed E-state index contributed by atoms with van der Waals surface area (Å²) in [6, 6.07) is 3.11. The van der Waals surface area contributed by atoms with Crippen molar-refractivity contribution in [3.05, 3.63) is 22.2 Å². The molecule has 1 aromatic carbocycles. The highest BCUT2D eigenvalue weighted by molar-refractivity contribution is 6.42. The van der Waals surface area contributed by atoms with E-state index in [1.54, 1.807) is 6.92 Å². The third-order valence-corrected chi connectivity index (χ3v) is 3.45. The molecule has 2 unspecified atom stereocenters. The number of halogens is 2. The topological polar surface area (TPSA) is 64.3 Å². The fraction of sp³-hybridized carbons (Fsp3) is 0.462. The highest BCUT2D eigenvalue weighted by Gasteiger charge is 2.18. The van der Waals surface area contributed by atoms with Gasteiger partial charge >= 0.3 is 0 Å². The van der Waals surface area contributed by atoms with Gasteiger partial charge in [-0.3, -0.25) is 4.79 Å². The fourth-order valence-corrected chi connectivity index (χ4v) is 1.68. The first-order valence-electron chi connectivity index (χ1n) is 6.06. The van der Waals surface area contributed by atoms with Crippen LogP contribution >= 0.6 is 23.2 Å². The molecule has 1 rings (SSSR count). The molecule has 106 valence electrons. The van der Waals surface area contributed by atoms with Crippen LogP contribution in [0.5, 0.6) is 5.75 Å². The Bertz CT molecular complexity index is 466. The minimum absolute atomic E-state index is 0.102. The van der Waals surface area contributed by atoms with Crippen LogP contribution in [0.2, 0.25) is 10.0 Å². The zero-order chi connectivity index (χ0) is 14.6. The number of rotatable bonds is 5. The van der Waals surface area contributed by atoms with Gasteiger partial charge in [-0.25, -0.2) is 0 Å². The molecule has 0 heterocycles. The van der Waals surface area contributed by atoms with E-state index in [2.05, 4.69) is 5.32 Å². The summed E-state index contributed by atoms with van der Waals surface area (Å²) in [5.41, 5.74) is 6.11. The Labute approximate surface area is 123 Å². The number of ether oxygens (including phenoxy) is 1. The van der Waals surface area contributed by atoms with Crippen molar-refractivity contribution in [3.8, 4) is 5.75 Å². The maximum Gasteiger partial charge on any atom is 0.260 e. The number of hydrogen-bond acceptors (Lipinski definition) is 3. The van der Waals surface area contributed by atoms with E-state index in [1.165, 1.54) is 12.1 Å². The van der Waals surface area contributed by atoms with Gasteiger partial charge in [0.2, 0.25) is 0 Å². The van der Waals surface area contributed by atoms with Crippen LogP contribution in [0.25, 0.3) is 0 Å². The van der Waals surface area contributed by atoms with Crippen LogP contribution in [-0.2, 0) is 4.79 Å². The average molecular weight is 305 g/mol. The van der Waals surface area contributed by atoms with Gasteiger partial charge in [0, 0.05) is 12.1 Å². The van der Waals surface area contributed by atoms with E-state index >= 15 is 0 Å². The van der Waals surface area contributed by atoms with Gasteiger partial charge in [-0.05, 0) is 26.3 Å². The fourth-order valence-electron chi connectivity index (χ4n) is 1.35.